The SMILES string of the molecule is CC(=O)NCc1ccc(-c2cc(NC(=O)C3(c4ccc5c(c4)OCO5)CC3)ccc2C)cc1. The highest BCUT2D eigenvalue weighted by Crippen LogP contribution is 2.51. The van der Waals surface area contributed by atoms with Crippen molar-refractivity contribution in [1.82, 2.24) is 5.32 Å². The maximum absolute atomic E-state index is 13.3. The molecule has 0 unspecified atom stereocenters. The normalized spacial score (nSPS) is 15.1. The Hall–Kier alpha value is -3.80. The van der Waals surface area contributed by atoms with Crippen LogP contribution < -0.4 is 20.1 Å². The Balaban J connectivity index is 1.34. The van der Waals surface area contributed by atoms with Crippen molar-refractivity contribution in [1.29, 1.82) is 0 Å². The number of hydrogen-bond acceptors (Lipinski definition) is 4. The van der Waals surface area contributed by atoms with E-state index in [0.29, 0.717) is 12.3 Å². The number of anilines is 1. The number of nitrogens with one attached hydrogen (secondary N) is 2. The molecule has 33 heavy (non-hydrogen) atoms. The van der Waals surface area contributed by atoms with Crippen molar-refractivity contribution >= 4 is 17.5 Å². The zero-order valence-electron chi connectivity index (χ0n) is 18.7. The summed E-state index contributed by atoms with van der Waals surface area (Å²) in [4.78, 5) is 24.4. The lowest BCUT2D eigenvalue weighted by molar-refractivity contribution is -0.119. The van der Waals surface area contributed by atoms with Gasteiger partial charge < -0.3 is 20.1 Å². The summed E-state index contributed by atoms with van der Waals surface area (Å²) in [5, 5.41) is 5.94. The first-order valence-corrected chi connectivity index (χ1v) is 11.1. The number of hydrogen-bond donors (Lipinski definition) is 2. The van der Waals surface area contributed by atoms with Crippen molar-refractivity contribution in [3.8, 4) is 22.6 Å². The van der Waals surface area contributed by atoms with E-state index in [2.05, 4.69) is 17.6 Å². The summed E-state index contributed by atoms with van der Waals surface area (Å²) in [6.45, 7) is 4.29. The topological polar surface area (TPSA) is 76.7 Å². The Morgan fingerprint density at radius 2 is 1.70 bits per heavy atom. The molecule has 6 nitrogen and oxygen atoms in total. The van der Waals surface area contributed by atoms with Crippen molar-refractivity contribution in [2.24, 2.45) is 0 Å². The Kier molecular flexibility index (Phi) is 5.29. The van der Waals surface area contributed by atoms with Crippen molar-refractivity contribution in [2.45, 2.75) is 38.6 Å². The third-order valence-corrected chi connectivity index (χ3v) is 6.41. The van der Waals surface area contributed by atoms with E-state index in [0.717, 1.165) is 52.1 Å². The van der Waals surface area contributed by atoms with Crippen molar-refractivity contribution in [2.75, 3.05) is 12.1 Å². The highest BCUT2D eigenvalue weighted by atomic mass is 16.7. The lowest BCUT2D eigenvalue weighted by Gasteiger charge is -2.17. The molecule has 0 aromatic heterocycles. The Labute approximate surface area is 192 Å². The van der Waals surface area contributed by atoms with Gasteiger partial charge in [-0.15, -0.1) is 0 Å². The van der Waals surface area contributed by atoms with Crippen LogP contribution in [0.15, 0.2) is 60.7 Å². The van der Waals surface area contributed by atoms with Crippen molar-refractivity contribution < 1.29 is 19.1 Å². The van der Waals surface area contributed by atoms with Crippen molar-refractivity contribution in [3.63, 3.8) is 0 Å². The molecule has 3 aromatic rings. The summed E-state index contributed by atoms with van der Waals surface area (Å²) in [5.74, 6) is 1.38. The summed E-state index contributed by atoms with van der Waals surface area (Å²) in [6.07, 6.45) is 1.62. The van der Waals surface area contributed by atoms with Crippen LogP contribution in [0, 0.1) is 6.92 Å². The molecule has 168 valence electrons. The third-order valence-electron chi connectivity index (χ3n) is 6.41. The summed E-state index contributed by atoms with van der Waals surface area (Å²) in [6, 6.07) is 19.9. The molecule has 1 aliphatic carbocycles. The Bertz CT molecular complexity index is 1230. The van der Waals surface area contributed by atoms with Gasteiger partial charge in [-0.05, 0) is 71.8 Å². The summed E-state index contributed by atoms with van der Waals surface area (Å²) < 4.78 is 10.9. The van der Waals surface area contributed by atoms with Crippen LogP contribution in [0.2, 0.25) is 0 Å². The molecule has 3 aromatic carbocycles. The smallest absolute Gasteiger partial charge is 0.235 e. The maximum Gasteiger partial charge on any atom is 0.235 e. The molecule has 5 rings (SSSR count). The number of ether oxygens (including phenoxy) is 2. The number of rotatable bonds is 6. The van der Waals surface area contributed by atoms with E-state index in [1.807, 2.05) is 60.7 Å². The monoisotopic (exact) mass is 442 g/mol. The van der Waals surface area contributed by atoms with E-state index in [-0.39, 0.29) is 18.6 Å². The summed E-state index contributed by atoms with van der Waals surface area (Å²) >= 11 is 0. The molecule has 6 heteroatoms. The molecule has 1 fully saturated rings. The van der Waals surface area contributed by atoms with Gasteiger partial charge in [0.15, 0.2) is 11.5 Å². The van der Waals surface area contributed by atoms with Crippen LogP contribution >= 0.6 is 0 Å². The van der Waals surface area contributed by atoms with Gasteiger partial charge in [-0.25, -0.2) is 0 Å². The van der Waals surface area contributed by atoms with Gasteiger partial charge in [-0.2, -0.15) is 0 Å². The second-order valence-corrected chi connectivity index (χ2v) is 8.74. The maximum atomic E-state index is 13.3. The van der Waals surface area contributed by atoms with Crippen LogP contribution in [0.3, 0.4) is 0 Å². The molecule has 0 spiro atoms. The fourth-order valence-electron chi connectivity index (χ4n) is 4.26. The van der Waals surface area contributed by atoms with E-state index < -0.39 is 5.41 Å². The molecule has 1 aliphatic heterocycles. The number of fused-ring (bicyclic) bond motifs is 1. The number of amides is 2. The van der Waals surface area contributed by atoms with E-state index in [1.165, 1.54) is 6.92 Å². The standard InChI is InChI=1S/C27H26N2O4/c1-17-3-9-22(14-23(17)20-6-4-19(5-7-20)15-28-18(2)30)29-26(31)27(11-12-27)21-8-10-24-25(13-21)33-16-32-24/h3-10,13-14H,11-12,15-16H2,1-2H3,(H,28,30)(H,29,31). The minimum absolute atomic E-state index is 0.00169. The first-order chi connectivity index (χ1) is 15.9. The molecule has 1 saturated carbocycles. The highest BCUT2D eigenvalue weighted by Gasteiger charge is 2.51. The zero-order chi connectivity index (χ0) is 23.0. The van der Waals surface area contributed by atoms with Gasteiger partial charge in [-0.3, -0.25) is 9.59 Å². The van der Waals surface area contributed by atoms with Gasteiger partial charge in [0.1, 0.15) is 0 Å². The van der Waals surface area contributed by atoms with Gasteiger partial charge in [0.25, 0.3) is 0 Å². The average molecular weight is 443 g/mol. The molecule has 2 N–H and O–H groups in total. The van der Waals surface area contributed by atoms with Crippen LogP contribution in [0.1, 0.15) is 36.5 Å². The van der Waals surface area contributed by atoms with E-state index in [4.69, 9.17) is 9.47 Å². The second kappa shape index (κ2) is 8.28. The Morgan fingerprint density at radius 3 is 2.42 bits per heavy atom. The molecule has 0 radical (unpaired) electrons. The molecule has 0 bridgehead atoms. The molecule has 1 heterocycles. The Morgan fingerprint density at radius 1 is 0.939 bits per heavy atom. The predicted octanol–water partition coefficient (Wildman–Crippen LogP) is 4.70. The summed E-state index contributed by atoms with van der Waals surface area (Å²) in [7, 11) is 0. The van der Waals surface area contributed by atoms with Crippen LogP contribution in [-0.2, 0) is 21.5 Å². The number of aryl methyl sites for hydroxylation is 1. The van der Waals surface area contributed by atoms with Gasteiger partial charge in [-0.1, -0.05) is 36.4 Å². The van der Waals surface area contributed by atoms with Crippen LogP contribution in [0.4, 0.5) is 5.69 Å². The van der Waals surface area contributed by atoms with Gasteiger partial charge in [0.2, 0.25) is 18.6 Å². The van der Waals surface area contributed by atoms with Crippen LogP contribution in [0.25, 0.3) is 11.1 Å². The average Bonchev–Trinajstić information content (AvgIpc) is 3.50. The van der Waals surface area contributed by atoms with Crippen molar-refractivity contribution in [3.05, 3.63) is 77.4 Å². The molecule has 0 atom stereocenters. The number of benzene rings is 3. The van der Waals surface area contributed by atoms with Crippen LogP contribution in [-0.4, -0.2) is 18.6 Å². The van der Waals surface area contributed by atoms with Crippen LogP contribution in [0.5, 0.6) is 11.5 Å². The number of carbonyl (C=O) groups excluding carboxylic acids is 2. The fraction of sp³-hybridized carbons (Fsp3) is 0.259. The first-order valence-electron chi connectivity index (χ1n) is 11.1. The lowest BCUT2D eigenvalue weighted by atomic mass is 9.94. The molecule has 0 saturated heterocycles. The third kappa shape index (κ3) is 4.16. The largest absolute Gasteiger partial charge is 0.454 e. The predicted molar refractivity (Wildman–Crippen MR) is 126 cm³/mol. The molecular formula is C27H26N2O4. The van der Waals surface area contributed by atoms with E-state index in [9.17, 15) is 9.59 Å². The quantitative estimate of drug-likeness (QED) is 0.580. The zero-order valence-corrected chi connectivity index (χ0v) is 18.7. The lowest BCUT2D eigenvalue weighted by Crippen LogP contribution is -2.27. The fourth-order valence-corrected chi connectivity index (χ4v) is 4.26. The molecule has 2 aliphatic rings. The second-order valence-electron chi connectivity index (χ2n) is 8.74. The molecular weight excluding hydrogens is 416 g/mol. The van der Waals surface area contributed by atoms with E-state index in [1.54, 1.807) is 0 Å². The minimum atomic E-state index is -0.516. The first kappa shape index (κ1) is 21.1. The number of carbonyl (C=O) groups is 2. The summed E-state index contributed by atoms with van der Waals surface area (Å²) in [5.41, 5.74) is 5.51. The van der Waals surface area contributed by atoms with Gasteiger partial charge in [0.05, 0.1) is 5.41 Å². The highest BCUT2D eigenvalue weighted by molar-refractivity contribution is 6.02. The minimum Gasteiger partial charge on any atom is -0.454 e. The molecule has 2 amide bonds. The van der Waals surface area contributed by atoms with Gasteiger partial charge in [0, 0.05) is 19.2 Å². The van der Waals surface area contributed by atoms with Gasteiger partial charge >= 0.3 is 0 Å². The van der Waals surface area contributed by atoms with E-state index >= 15 is 0 Å².